The maximum atomic E-state index is 15.6. The zero-order valence-corrected chi connectivity index (χ0v) is 17.2. The van der Waals surface area contributed by atoms with Crippen LogP contribution in [0.4, 0.5) is 16.0 Å². The topological polar surface area (TPSA) is 89.6 Å². The van der Waals surface area contributed by atoms with Gasteiger partial charge >= 0.3 is 0 Å². The van der Waals surface area contributed by atoms with Crippen molar-refractivity contribution in [2.24, 2.45) is 5.92 Å². The van der Waals surface area contributed by atoms with E-state index >= 15 is 4.39 Å². The van der Waals surface area contributed by atoms with E-state index in [4.69, 9.17) is 5.73 Å². The molecule has 30 heavy (non-hydrogen) atoms. The lowest BCUT2D eigenvalue weighted by Gasteiger charge is -2.29. The minimum Gasteiger partial charge on any atom is -0.382 e. The van der Waals surface area contributed by atoms with Crippen molar-refractivity contribution in [1.29, 1.82) is 0 Å². The highest BCUT2D eigenvalue weighted by Gasteiger charge is 2.25. The number of aromatic nitrogens is 4. The lowest BCUT2D eigenvalue weighted by molar-refractivity contribution is 0.412. The maximum absolute atomic E-state index is 15.6. The van der Waals surface area contributed by atoms with E-state index in [0.29, 0.717) is 35.3 Å². The Labute approximate surface area is 176 Å². The van der Waals surface area contributed by atoms with Crippen molar-refractivity contribution >= 4 is 11.6 Å². The fourth-order valence-electron chi connectivity index (χ4n) is 3.83. The largest absolute Gasteiger partial charge is 0.382 e. The minimum absolute atomic E-state index is 0.174. The van der Waals surface area contributed by atoms with Crippen LogP contribution in [-0.2, 0) is 6.42 Å². The summed E-state index contributed by atoms with van der Waals surface area (Å²) >= 11 is 0. The van der Waals surface area contributed by atoms with E-state index in [2.05, 4.69) is 38.2 Å². The predicted octanol–water partition coefficient (Wildman–Crippen LogP) is 4.60. The molecule has 1 saturated carbocycles. The van der Waals surface area contributed by atoms with Crippen LogP contribution < -0.4 is 11.1 Å². The van der Waals surface area contributed by atoms with Gasteiger partial charge in [0.05, 0.1) is 24.3 Å². The first-order valence-corrected chi connectivity index (χ1v) is 10.5. The molecule has 3 aromatic rings. The Morgan fingerprint density at radius 2 is 2.00 bits per heavy atom. The van der Waals surface area contributed by atoms with E-state index in [1.54, 1.807) is 18.6 Å². The second kappa shape index (κ2) is 9.15. The summed E-state index contributed by atoms with van der Waals surface area (Å²) in [6, 6.07) is 3.92. The quantitative estimate of drug-likeness (QED) is 0.568. The highest BCUT2D eigenvalue weighted by atomic mass is 19.1. The van der Waals surface area contributed by atoms with Crippen molar-refractivity contribution in [1.82, 2.24) is 19.9 Å². The van der Waals surface area contributed by atoms with Crippen LogP contribution in [0.25, 0.3) is 11.3 Å². The van der Waals surface area contributed by atoms with Crippen LogP contribution in [0.1, 0.15) is 49.7 Å². The van der Waals surface area contributed by atoms with Gasteiger partial charge in [0, 0.05) is 24.5 Å². The van der Waals surface area contributed by atoms with Gasteiger partial charge in [-0.15, -0.1) is 0 Å². The third kappa shape index (κ3) is 4.56. The fraction of sp³-hybridized carbons (Fsp3) is 0.391. The number of nitrogens with one attached hydrogen (secondary N) is 1. The Balaban J connectivity index is 1.51. The Hall–Kier alpha value is -3.09. The van der Waals surface area contributed by atoms with Crippen LogP contribution in [0, 0.1) is 11.7 Å². The first kappa shape index (κ1) is 20.2. The summed E-state index contributed by atoms with van der Waals surface area (Å²) in [5, 5.41) is 3.30. The normalized spacial score (nSPS) is 14.9. The van der Waals surface area contributed by atoms with E-state index in [1.807, 2.05) is 6.07 Å². The molecule has 0 radical (unpaired) electrons. The number of nitrogens with zero attached hydrogens (tertiary/aromatic N) is 4. The molecule has 0 amide bonds. The summed E-state index contributed by atoms with van der Waals surface area (Å²) in [6.45, 7) is 2.93. The molecule has 156 valence electrons. The van der Waals surface area contributed by atoms with Crippen molar-refractivity contribution in [3.8, 4) is 11.3 Å². The van der Waals surface area contributed by atoms with E-state index in [1.165, 1.54) is 18.8 Å². The Morgan fingerprint density at radius 1 is 1.13 bits per heavy atom. The molecule has 1 aromatic carbocycles. The van der Waals surface area contributed by atoms with Gasteiger partial charge in [-0.2, -0.15) is 0 Å². The molecule has 2 aromatic heterocycles. The zero-order chi connectivity index (χ0) is 20.9. The number of rotatable bonds is 8. The highest BCUT2D eigenvalue weighted by Crippen LogP contribution is 2.40. The first-order valence-electron chi connectivity index (χ1n) is 10.5. The van der Waals surface area contributed by atoms with Gasteiger partial charge in [0.25, 0.3) is 0 Å². The van der Waals surface area contributed by atoms with Gasteiger partial charge in [-0.1, -0.05) is 19.4 Å². The van der Waals surface area contributed by atoms with E-state index < -0.39 is 0 Å². The van der Waals surface area contributed by atoms with Crippen LogP contribution in [0.5, 0.6) is 0 Å². The number of benzene rings is 1. The molecule has 6 nitrogen and oxygen atoms in total. The lowest BCUT2D eigenvalue weighted by atomic mass is 9.76. The van der Waals surface area contributed by atoms with Crippen molar-refractivity contribution in [2.75, 3.05) is 17.6 Å². The van der Waals surface area contributed by atoms with Gasteiger partial charge in [0.1, 0.15) is 17.5 Å². The summed E-state index contributed by atoms with van der Waals surface area (Å²) in [5.74, 6) is 1.74. The second-order valence-electron chi connectivity index (χ2n) is 8.06. The molecule has 1 fully saturated rings. The van der Waals surface area contributed by atoms with E-state index in [9.17, 15) is 0 Å². The number of nitrogen functional groups attached to an aromatic ring is 1. The second-order valence-corrected chi connectivity index (χ2v) is 8.06. The van der Waals surface area contributed by atoms with Gasteiger partial charge in [-0.05, 0) is 54.7 Å². The summed E-state index contributed by atoms with van der Waals surface area (Å²) in [4.78, 5) is 16.6. The molecular formula is C23H27FN6. The van der Waals surface area contributed by atoms with Gasteiger partial charge in [-0.3, -0.25) is 9.97 Å². The smallest absolute Gasteiger partial charge is 0.144 e. The van der Waals surface area contributed by atoms with E-state index in [0.717, 1.165) is 42.8 Å². The molecule has 0 spiro atoms. The molecule has 2 heterocycles. The summed E-state index contributed by atoms with van der Waals surface area (Å²) in [7, 11) is 0. The molecule has 1 unspecified atom stereocenters. The van der Waals surface area contributed by atoms with Gasteiger partial charge in [0.15, 0.2) is 0 Å². The molecule has 1 atom stereocenters. The number of hydrogen-bond donors (Lipinski definition) is 2. The van der Waals surface area contributed by atoms with Gasteiger partial charge in [0.2, 0.25) is 0 Å². The SMILES string of the molecule is CC(CCc1c(C2CCC2)ccc(-c2cnc(N)cn2)c1F)CNc1cnccn1. The predicted molar refractivity (Wildman–Crippen MR) is 116 cm³/mol. The Morgan fingerprint density at radius 3 is 2.67 bits per heavy atom. The number of anilines is 2. The van der Waals surface area contributed by atoms with Crippen LogP contribution in [0.3, 0.4) is 0 Å². The zero-order valence-electron chi connectivity index (χ0n) is 17.2. The molecule has 0 aliphatic heterocycles. The Kier molecular flexibility index (Phi) is 6.16. The monoisotopic (exact) mass is 406 g/mol. The molecule has 3 N–H and O–H groups in total. The summed E-state index contributed by atoms with van der Waals surface area (Å²) in [6.07, 6.45) is 13.1. The van der Waals surface area contributed by atoms with Crippen LogP contribution in [-0.4, -0.2) is 26.5 Å². The van der Waals surface area contributed by atoms with Crippen molar-refractivity contribution in [2.45, 2.75) is 44.9 Å². The molecule has 7 heteroatoms. The third-order valence-electron chi connectivity index (χ3n) is 5.85. The first-order chi connectivity index (χ1) is 14.6. The standard InChI is InChI=1S/C23H27FN6/c1-15(11-30-22-14-26-9-10-27-22)5-6-18-17(16-3-2-4-16)7-8-19(23(18)24)20-12-29-21(25)13-28-20/h7-10,12-16H,2-6,11H2,1H3,(H2,25,29)(H,27,30). The van der Waals surface area contributed by atoms with E-state index in [-0.39, 0.29) is 5.82 Å². The third-order valence-corrected chi connectivity index (χ3v) is 5.85. The maximum Gasteiger partial charge on any atom is 0.144 e. The summed E-state index contributed by atoms with van der Waals surface area (Å²) < 4.78 is 15.6. The average molecular weight is 407 g/mol. The average Bonchev–Trinajstić information content (AvgIpc) is 2.72. The Bertz CT molecular complexity index is 973. The molecular weight excluding hydrogens is 379 g/mol. The number of nitrogens with two attached hydrogens (primary N) is 1. The molecule has 1 aliphatic rings. The fourth-order valence-corrected chi connectivity index (χ4v) is 3.83. The minimum atomic E-state index is -0.174. The highest BCUT2D eigenvalue weighted by molar-refractivity contribution is 5.62. The number of halogens is 1. The van der Waals surface area contributed by atoms with Gasteiger partial charge in [-0.25, -0.2) is 14.4 Å². The van der Waals surface area contributed by atoms with Crippen LogP contribution in [0.2, 0.25) is 0 Å². The number of hydrogen-bond acceptors (Lipinski definition) is 6. The van der Waals surface area contributed by atoms with Crippen LogP contribution in [0.15, 0.2) is 43.1 Å². The molecule has 0 bridgehead atoms. The van der Waals surface area contributed by atoms with Crippen LogP contribution >= 0.6 is 0 Å². The summed E-state index contributed by atoms with van der Waals surface area (Å²) in [5.41, 5.74) is 8.61. The van der Waals surface area contributed by atoms with Crippen molar-refractivity contribution in [3.05, 3.63) is 60.1 Å². The lowest BCUT2D eigenvalue weighted by Crippen LogP contribution is -2.16. The molecule has 4 rings (SSSR count). The molecule has 1 aliphatic carbocycles. The van der Waals surface area contributed by atoms with Crippen molar-refractivity contribution < 1.29 is 4.39 Å². The van der Waals surface area contributed by atoms with Crippen molar-refractivity contribution in [3.63, 3.8) is 0 Å². The molecule has 0 saturated heterocycles. The van der Waals surface area contributed by atoms with Gasteiger partial charge < -0.3 is 11.1 Å².